The molecule has 0 unspecified atom stereocenters. The van der Waals surface area contributed by atoms with Crippen LogP contribution in [0.2, 0.25) is 5.02 Å². The van der Waals surface area contributed by atoms with E-state index >= 15 is 0 Å². The molecule has 1 heterocycles. The van der Waals surface area contributed by atoms with Crippen molar-refractivity contribution >= 4 is 28.9 Å². The monoisotopic (exact) mass is 369 g/mol. The van der Waals surface area contributed by atoms with Crippen molar-refractivity contribution in [2.24, 2.45) is 0 Å². The van der Waals surface area contributed by atoms with Gasteiger partial charge in [0.15, 0.2) is 0 Å². The third-order valence-electron chi connectivity index (χ3n) is 3.77. The van der Waals surface area contributed by atoms with Crippen molar-refractivity contribution < 1.29 is 9.18 Å². The largest absolute Gasteiger partial charge is 0.353 e. The molecular formula is C20H17ClFN3O. The lowest BCUT2D eigenvalue weighted by Crippen LogP contribution is -2.25. The van der Waals surface area contributed by atoms with Crippen molar-refractivity contribution in [1.82, 2.24) is 10.3 Å². The first-order chi connectivity index (χ1) is 12.6. The predicted molar refractivity (Wildman–Crippen MR) is 101 cm³/mol. The van der Waals surface area contributed by atoms with E-state index in [0.717, 1.165) is 11.3 Å². The maximum atomic E-state index is 12.9. The first-order valence-corrected chi connectivity index (χ1v) is 8.49. The van der Waals surface area contributed by atoms with Gasteiger partial charge in [0.1, 0.15) is 5.82 Å². The molecule has 2 N–H and O–H groups in total. The van der Waals surface area contributed by atoms with Crippen molar-refractivity contribution in [3.63, 3.8) is 0 Å². The van der Waals surface area contributed by atoms with Gasteiger partial charge >= 0.3 is 0 Å². The summed E-state index contributed by atoms with van der Waals surface area (Å²) in [5, 5.41) is 6.57. The number of halogens is 2. The lowest BCUT2D eigenvalue weighted by Gasteiger charge is -2.10. The van der Waals surface area contributed by atoms with Crippen LogP contribution in [0.1, 0.15) is 15.9 Å². The number of pyridine rings is 1. The van der Waals surface area contributed by atoms with Crippen molar-refractivity contribution in [3.8, 4) is 0 Å². The number of nitrogens with zero attached hydrogens (tertiary/aromatic N) is 1. The molecule has 2 aromatic carbocycles. The van der Waals surface area contributed by atoms with Gasteiger partial charge in [-0.2, -0.15) is 0 Å². The van der Waals surface area contributed by atoms with Gasteiger partial charge in [0, 0.05) is 12.7 Å². The molecule has 1 amide bonds. The number of rotatable bonds is 6. The summed E-state index contributed by atoms with van der Waals surface area (Å²) in [6.07, 6.45) is 3.75. The standard InChI is InChI=1S/C20H17ClFN3O/c21-18-3-1-2-4-19(18)25-17-11-15(12-23-13-17)20(26)24-10-9-14-5-7-16(22)8-6-14/h1-8,11-13,25H,9-10H2,(H,24,26). The Labute approximate surface area is 156 Å². The molecule has 0 atom stereocenters. The van der Waals surface area contributed by atoms with Gasteiger partial charge in [-0.15, -0.1) is 0 Å². The molecule has 6 heteroatoms. The van der Waals surface area contributed by atoms with Crippen LogP contribution in [0.3, 0.4) is 0 Å². The number of carbonyl (C=O) groups is 1. The Morgan fingerprint density at radius 2 is 1.85 bits per heavy atom. The van der Waals surface area contributed by atoms with Crippen LogP contribution in [0.5, 0.6) is 0 Å². The van der Waals surface area contributed by atoms with Crippen LogP contribution >= 0.6 is 11.6 Å². The molecule has 0 saturated heterocycles. The van der Waals surface area contributed by atoms with Gasteiger partial charge in [-0.25, -0.2) is 4.39 Å². The molecule has 3 aromatic rings. The Morgan fingerprint density at radius 3 is 2.62 bits per heavy atom. The van der Waals surface area contributed by atoms with Crippen LogP contribution in [0.4, 0.5) is 15.8 Å². The smallest absolute Gasteiger partial charge is 0.252 e. The summed E-state index contributed by atoms with van der Waals surface area (Å²) in [7, 11) is 0. The van der Waals surface area contributed by atoms with Crippen LogP contribution < -0.4 is 10.6 Å². The quantitative estimate of drug-likeness (QED) is 0.668. The van der Waals surface area contributed by atoms with Crippen molar-refractivity contribution in [2.45, 2.75) is 6.42 Å². The average molecular weight is 370 g/mol. The Kier molecular flexibility index (Phi) is 5.81. The van der Waals surface area contributed by atoms with Gasteiger partial charge in [0.05, 0.1) is 28.2 Å². The fraction of sp³-hybridized carbons (Fsp3) is 0.100. The van der Waals surface area contributed by atoms with E-state index < -0.39 is 0 Å². The Balaban J connectivity index is 1.59. The molecule has 0 aliphatic carbocycles. The summed E-state index contributed by atoms with van der Waals surface area (Å²) in [5.74, 6) is -0.492. The van der Waals surface area contributed by atoms with E-state index in [2.05, 4.69) is 15.6 Å². The molecule has 0 bridgehead atoms. The van der Waals surface area contributed by atoms with Crippen LogP contribution in [0.15, 0.2) is 67.0 Å². The summed E-state index contributed by atoms with van der Waals surface area (Å²) in [6.45, 7) is 0.451. The molecule has 0 aliphatic heterocycles. The van der Waals surface area contributed by atoms with E-state index in [1.807, 2.05) is 18.2 Å². The molecule has 3 rings (SSSR count). The van der Waals surface area contributed by atoms with Gasteiger partial charge in [-0.3, -0.25) is 9.78 Å². The number of anilines is 2. The van der Waals surface area contributed by atoms with E-state index in [0.29, 0.717) is 29.2 Å². The number of benzene rings is 2. The van der Waals surface area contributed by atoms with Crippen molar-refractivity contribution in [1.29, 1.82) is 0 Å². The second kappa shape index (κ2) is 8.45. The maximum absolute atomic E-state index is 12.9. The SMILES string of the molecule is O=C(NCCc1ccc(F)cc1)c1cncc(Nc2ccccc2Cl)c1. The zero-order chi connectivity index (χ0) is 18.4. The van der Waals surface area contributed by atoms with E-state index in [-0.39, 0.29) is 11.7 Å². The first kappa shape index (κ1) is 17.9. The topological polar surface area (TPSA) is 54.0 Å². The Hall–Kier alpha value is -2.92. The average Bonchev–Trinajstić information content (AvgIpc) is 2.65. The Bertz CT molecular complexity index is 900. The number of carbonyl (C=O) groups excluding carboxylic acids is 1. The summed E-state index contributed by atoms with van der Waals surface area (Å²) in [5.41, 5.74) is 2.81. The van der Waals surface area contributed by atoms with Gasteiger partial charge in [0.25, 0.3) is 5.91 Å². The Morgan fingerprint density at radius 1 is 1.08 bits per heavy atom. The van der Waals surface area contributed by atoms with Gasteiger partial charge in [-0.05, 0) is 42.3 Å². The highest BCUT2D eigenvalue weighted by Crippen LogP contribution is 2.24. The maximum Gasteiger partial charge on any atom is 0.252 e. The molecule has 0 aliphatic rings. The summed E-state index contributed by atoms with van der Waals surface area (Å²) < 4.78 is 12.9. The zero-order valence-electron chi connectivity index (χ0n) is 13.9. The second-order valence-corrected chi connectivity index (χ2v) is 6.11. The van der Waals surface area contributed by atoms with Gasteiger partial charge in [-0.1, -0.05) is 35.9 Å². The molecular weight excluding hydrogens is 353 g/mol. The van der Waals surface area contributed by atoms with Gasteiger partial charge in [0.2, 0.25) is 0 Å². The molecule has 0 fully saturated rings. The van der Waals surface area contributed by atoms with Crippen molar-refractivity contribution in [3.05, 3.63) is 89.0 Å². The molecule has 4 nitrogen and oxygen atoms in total. The molecule has 26 heavy (non-hydrogen) atoms. The highest BCUT2D eigenvalue weighted by Gasteiger charge is 2.08. The number of amides is 1. The minimum atomic E-state index is -0.272. The lowest BCUT2D eigenvalue weighted by molar-refractivity contribution is 0.0954. The molecule has 0 radical (unpaired) electrons. The van der Waals surface area contributed by atoms with E-state index in [4.69, 9.17) is 11.6 Å². The summed E-state index contributed by atoms with van der Waals surface area (Å²) >= 11 is 6.13. The fourth-order valence-electron chi connectivity index (χ4n) is 2.42. The van der Waals surface area contributed by atoms with E-state index in [1.165, 1.54) is 18.3 Å². The second-order valence-electron chi connectivity index (χ2n) is 5.70. The normalized spacial score (nSPS) is 10.4. The predicted octanol–water partition coefficient (Wildman–Crippen LogP) is 4.59. The number of para-hydroxylation sites is 1. The summed E-state index contributed by atoms with van der Waals surface area (Å²) in [4.78, 5) is 16.4. The fourth-order valence-corrected chi connectivity index (χ4v) is 2.61. The lowest BCUT2D eigenvalue weighted by atomic mass is 10.1. The third-order valence-corrected chi connectivity index (χ3v) is 4.10. The molecule has 1 aromatic heterocycles. The minimum absolute atomic E-state index is 0.220. The number of aromatic nitrogens is 1. The van der Waals surface area contributed by atoms with Crippen LogP contribution in [0, 0.1) is 5.82 Å². The van der Waals surface area contributed by atoms with Gasteiger partial charge < -0.3 is 10.6 Å². The number of hydrogen-bond donors (Lipinski definition) is 2. The number of hydrogen-bond acceptors (Lipinski definition) is 3. The first-order valence-electron chi connectivity index (χ1n) is 8.11. The number of nitrogens with one attached hydrogen (secondary N) is 2. The van der Waals surface area contributed by atoms with Crippen LogP contribution in [-0.4, -0.2) is 17.4 Å². The minimum Gasteiger partial charge on any atom is -0.353 e. The summed E-state index contributed by atoms with van der Waals surface area (Å²) in [6, 6.07) is 15.3. The zero-order valence-corrected chi connectivity index (χ0v) is 14.6. The molecule has 0 spiro atoms. The van der Waals surface area contributed by atoms with E-state index in [9.17, 15) is 9.18 Å². The molecule has 0 saturated carbocycles. The van der Waals surface area contributed by atoms with Crippen LogP contribution in [0.25, 0.3) is 0 Å². The van der Waals surface area contributed by atoms with E-state index in [1.54, 1.807) is 30.5 Å². The third kappa shape index (κ3) is 4.80. The highest BCUT2D eigenvalue weighted by molar-refractivity contribution is 6.33. The van der Waals surface area contributed by atoms with Crippen molar-refractivity contribution in [2.75, 3.05) is 11.9 Å². The molecule has 132 valence electrons. The highest BCUT2D eigenvalue weighted by atomic mass is 35.5. The van der Waals surface area contributed by atoms with Crippen LogP contribution in [-0.2, 0) is 6.42 Å².